The summed E-state index contributed by atoms with van der Waals surface area (Å²) in [6.07, 6.45) is 3.28. The molecule has 0 radical (unpaired) electrons. The quantitative estimate of drug-likeness (QED) is 0.615. The summed E-state index contributed by atoms with van der Waals surface area (Å²) < 4.78 is 0. The van der Waals surface area contributed by atoms with Gasteiger partial charge in [-0.2, -0.15) is 0 Å². The SMILES string of the molecule is CC(C)=CCN1Cc2cccc(N)c2NCC1Cc1ccc(Cl)cc1. The number of rotatable bonds is 4. The van der Waals surface area contributed by atoms with Crippen molar-refractivity contribution in [3.63, 3.8) is 0 Å². The zero-order valence-electron chi connectivity index (χ0n) is 14.9. The average molecular weight is 356 g/mol. The number of para-hydroxylation sites is 1. The Hall–Kier alpha value is -1.97. The fourth-order valence-electron chi connectivity index (χ4n) is 3.27. The molecule has 1 aliphatic rings. The molecule has 3 rings (SSSR count). The molecular formula is C21H26ClN3. The fourth-order valence-corrected chi connectivity index (χ4v) is 3.40. The highest BCUT2D eigenvalue weighted by atomic mass is 35.5. The highest BCUT2D eigenvalue weighted by molar-refractivity contribution is 6.30. The van der Waals surface area contributed by atoms with Gasteiger partial charge in [0, 0.05) is 30.7 Å². The van der Waals surface area contributed by atoms with Crippen LogP contribution < -0.4 is 11.1 Å². The first kappa shape index (κ1) is 17.8. The Morgan fingerprint density at radius 3 is 2.72 bits per heavy atom. The van der Waals surface area contributed by atoms with E-state index < -0.39 is 0 Å². The minimum Gasteiger partial charge on any atom is -0.397 e. The van der Waals surface area contributed by atoms with Gasteiger partial charge in [-0.1, -0.05) is 47.5 Å². The van der Waals surface area contributed by atoms with Gasteiger partial charge in [-0.15, -0.1) is 0 Å². The zero-order chi connectivity index (χ0) is 17.8. The standard InChI is InChI=1S/C21H26ClN3/c1-15(2)10-11-25-14-17-4-3-5-20(23)21(17)24-13-19(25)12-16-6-8-18(22)9-7-16/h3-10,19,24H,11-14,23H2,1-2H3. The van der Waals surface area contributed by atoms with Crippen LogP contribution in [0.15, 0.2) is 54.1 Å². The van der Waals surface area contributed by atoms with E-state index in [2.05, 4.69) is 48.3 Å². The highest BCUT2D eigenvalue weighted by Gasteiger charge is 2.24. The van der Waals surface area contributed by atoms with E-state index in [1.807, 2.05) is 24.3 Å². The van der Waals surface area contributed by atoms with E-state index in [0.717, 1.165) is 42.5 Å². The smallest absolute Gasteiger partial charge is 0.0620 e. The maximum absolute atomic E-state index is 6.19. The van der Waals surface area contributed by atoms with Crippen molar-refractivity contribution in [1.29, 1.82) is 0 Å². The molecule has 25 heavy (non-hydrogen) atoms. The lowest BCUT2D eigenvalue weighted by molar-refractivity contribution is 0.220. The van der Waals surface area contributed by atoms with E-state index in [-0.39, 0.29) is 0 Å². The molecule has 3 nitrogen and oxygen atoms in total. The predicted molar refractivity (Wildman–Crippen MR) is 108 cm³/mol. The molecule has 1 unspecified atom stereocenters. The fraction of sp³-hybridized carbons (Fsp3) is 0.333. The third kappa shape index (κ3) is 4.56. The molecule has 0 spiro atoms. The summed E-state index contributed by atoms with van der Waals surface area (Å²) in [6.45, 7) is 7.01. The molecule has 0 bridgehead atoms. The van der Waals surface area contributed by atoms with Crippen LogP contribution in [0, 0.1) is 0 Å². The number of nitrogen functional groups attached to an aromatic ring is 1. The molecule has 0 fully saturated rings. The lowest BCUT2D eigenvalue weighted by atomic mass is 10.0. The molecule has 1 aliphatic heterocycles. The molecule has 4 heteroatoms. The number of allylic oxidation sites excluding steroid dienone is 1. The lowest BCUT2D eigenvalue weighted by Crippen LogP contribution is -2.39. The second kappa shape index (κ2) is 7.94. The average Bonchev–Trinajstić information content (AvgIpc) is 2.75. The van der Waals surface area contributed by atoms with Gasteiger partial charge in [0.15, 0.2) is 0 Å². The number of hydrogen-bond acceptors (Lipinski definition) is 3. The maximum atomic E-state index is 6.19. The molecule has 2 aromatic rings. The van der Waals surface area contributed by atoms with E-state index in [1.54, 1.807) is 0 Å². The van der Waals surface area contributed by atoms with Crippen molar-refractivity contribution in [2.24, 2.45) is 0 Å². The van der Waals surface area contributed by atoms with Crippen LogP contribution in [0.4, 0.5) is 11.4 Å². The second-order valence-corrected chi connectivity index (χ2v) is 7.39. The second-order valence-electron chi connectivity index (χ2n) is 6.96. The Labute approximate surface area is 155 Å². The van der Waals surface area contributed by atoms with Gasteiger partial charge in [-0.3, -0.25) is 4.90 Å². The first-order valence-electron chi connectivity index (χ1n) is 8.76. The van der Waals surface area contributed by atoms with Crippen LogP contribution in [0.5, 0.6) is 0 Å². The van der Waals surface area contributed by atoms with E-state index in [9.17, 15) is 0 Å². The van der Waals surface area contributed by atoms with Gasteiger partial charge < -0.3 is 11.1 Å². The molecule has 132 valence electrons. The van der Waals surface area contributed by atoms with Crippen molar-refractivity contribution in [2.75, 3.05) is 24.1 Å². The van der Waals surface area contributed by atoms with Crippen LogP contribution in [-0.2, 0) is 13.0 Å². The normalized spacial score (nSPS) is 17.3. The van der Waals surface area contributed by atoms with Crippen LogP contribution in [-0.4, -0.2) is 24.0 Å². The molecule has 0 aromatic heterocycles. The van der Waals surface area contributed by atoms with Gasteiger partial charge in [0.1, 0.15) is 0 Å². The molecule has 1 heterocycles. The van der Waals surface area contributed by atoms with Gasteiger partial charge in [-0.05, 0) is 49.6 Å². The molecule has 2 aromatic carbocycles. The van der Waals surface area contributed by atoms with Gasteiger partial charge in [-0.25, -0.2) is 0 Å². The van der Waals surface area contributed by atoms with E-state index in [1.165, 1.54) is 16.7 Å². The predicted octanol–water partition coefficient (Wildman–Crippen LogP) is 4.73. The van der Waals surface area contributed by atoms with Crippen molar-refractivity contribution in [1.82, 2.24) is 4.90 Å². The van der Waals surface area contributed by atoms with E-state index >= 15 is 0 Å². The summed E-state index contributed by atoms with van der Waals surface area (Å²) in [5, 5.41) is 4.36. The van der Waals surface area contributed by atoms with Crippen molar-refractivity contribution >= 4 is 23.0 Å². The minimum atomic E-state index is 0.392. The van der Waals surface area contributed by atoms with E-state index in [4.69, 9.17) is 17.3 Å². The number of fused-ring (bicyclic) bond motifs is 1. The Balaban J connectivity index is 1.85. The molecule has 0 saturated heterocycles. The molecular weight excluding hydrogens is 330 g/mol. The largest absolute Gasteiger partial charge is 0.397 e. The zero-order valence-corrected chi connectivity index (χ0v) is 15.7. The third-order valence-corrected chi connectivity index (χ3v) is 4.96. The Morgan fingerprint density at radius 1 is 1.24 bits per heavy atom. The Bertz CT molecular complexity index is 748. The summed E-state index contributed by atoms with van der Waals surface area (Å²) in [7, 11) is 0. The Kier molecular flexibility index (Phi) is 5.67. The summed E-state index contributed by atoms with van der Waals surface area (Å²) in [4.78, 5) is 2.53. The highest BCUT2D eigenvalue weighted by Crippen LogP contribution is 2.29. The number of halogens is 1. The summed E-state index contributed by atoms with van der Waals surface area (Å²) in [5.41, 5.74) is 12.0. The van der Waals surface area contributed by atoms with Crippen LogP contribution >= 0.6 is 11.6 Å². The lowest BCUT2D eigenvalue weighted by Gasteiger charge is -2.29. The third-order valence-electron chi connectivity index (χ3n) is 4.71. The van der Waals surface area contributed by atoms with Crippen molar-refractivity contribution in [3.05, 3.63) is 70.3 Å². The summed E-state index contributed by atoms with van der Waals surface area (Å²) >= 11 is 6.03. The van der Waals surface area contributed by atoms with E-state index in [0.29, 0.717) is 6.04 Å². The topological polar surface area (TPSA) is 41.3 Å². The van der Waals surface area contributed by atoms with Gasteiger partial charge in [0.25, 0.3) is 0 Å². The van der Waals surface area contributed by atoms with Crippen LogP contribution in [0.1, 0.15) is 25.0 Å². The minimum absolute atomic E-state index is 0.392. The van der Waals surface area contributed by atoms with Gasteiger partial charge >= 0.3 is 0 Å². The van der Waals surface area contributed by atoms with Crippen LogP contribution in [0.25, 0.3) is 0 Å². The summed E-state index contributed by atoms with van der Waals surface area (Å²) in [5.74, 6) is 0. The number of benzene rings is 2. The number of nitrogens with one attached hydrogen (secondary N) is 1. The molecule has 0 saturated carbocycles. The number of anilines is 2. The van der Waals surface area contributed by atoms with Crippen molar-refractivity contribution in [2.45, 2.75) is 32.9 Å². The first-order valence-corrected chi connectivity index (χ1v) is 9.14. The van der Waals surface area contributed by atoms with Gasteiger partial charge in [0.05, 0.1) is 11.4 Å². The maximum Gasteiger partial charge on any atom is 0.0620 e. The van der Waals surface area contributed by atoms with Crippen LogP contribution in [0.3, 0.4) is 0 Å². The van der Waals surface area contributed by atoms with Crippen molar-refractivity contribution in [3.8, 4) is 0 Å². The molecule has 0 amide bonds. The number of nitrogens with two attached hydrogens (primary N) is 1. The summed E-state index contributed by atoms with van der Waals surface area (Å²) in [6, 6.07) is 14.7. The first-order chi connectivity index (χ1) is 12.0. The molecule has 1 atom stereocenters. The van der Waals surface area contributed by atoms with Gasteiger partial charge in [0.2, 0.25) is 0 Å². The number of nitrogens with zero attached hydrogens (tertiary/aromatic N) is 1. The van der Waals surface area contributed by atoms with Crippen LogP contribution in [0.2, 0.25) is 5.02 Å². The van der Waals surface area contributed by atoms with Crippen molar-refractivity contribution < 1.29 is 0 Å². The molecule has 3 N–H and O–H groups in total. The monoisotopic (exact) mass is 355 g/mol. The number of hydrogen-bond donors (Lipinski definition) is 2. The Morgan fingerprint density at radius 2 is 2.00 bits per heavy atom. The molecule has 0 aliphatic carbocycles.